The molecule has 2 aliphatic heterocycles. The summed E-state index contributed by atoms with van der Waals surface area (Å²) >= 11 is 0. The number of para-hydroxylation sites is 1. The topological polar surface area (TPSA) is 46.6 Å². The van der Waals surface area contributed by atoms with Gasteiger partial charge >= 0.3 is 0 Å². The van der Waals surface area contributed by atoms with Crippen molar-refractivity contribution in [2.24, 2.45) is 17.8 Å². The van der Waals surface area contributed by atoms with Crippen LogP contribution in [0.25, 0.3) is 10.8 Å². The molecular formula is C26H21NO3. The summed E-state index contributed by atoms with van der Waals surface area (Å²) in [5.74, 6) is 0.109. The third-order valence-corrected chi connectivity index (χ3v) is 6.85. The first-order chi connectivity index (χ1) is 14.7. The van der Waals surface area contributed by atoms with E-state index >= 15 is 0 Å². The average molecular weight is 395 g/mol. The Kier molecular flexibility index (Phi) is 3.82. The van der Waals surface area contributed by atoms with Crippen molar-refractivity contribution >= 4 is 28.3 Å². The van der Waals surface area contributed by atoms with Crippen LogP contribution in [0.3, 0.4) is 0 Å². The maximum Gasteiger partial charge on any atom is 0.238 e. The molecule has 6 rings (SSSR count). The van der Waals surface area contributed by atoms with Gasteiger partial charge in [-0.1, -0.05) is 54.6 Å². The van der Waals surface area contributed by atoms with E-state index in [4.69, 9.17) is 4.74 Å². The Morgan fingerprint density at radius 1 is 0.833 bits per heavy atom. The summed E-state index contributed by atoms with van der Waals surface area (Å²) in [4.78, 5) is 28.1. The van der Waals surface area contributed by atoms with Crippen molar-refractivity contribution in [1.29, 1.82) is 0 Å². The van der Waals surface area contributed by atoms with Gasteiger partial charge in [0, 0.05) is 5.56 Å². The van der Waals surface area contributed by atoms with E-state index in [9.17, 15) is 9.59 Å². The average Bonchev–Trinajstić information content (AvgIpc) is 2.93. The summed E-state index contributed by atoms with van der Waals surface area (Å²) in [5.41, 5.74) is 2.95. The lowest BCUT2D eigenvalue weighted by molar-refractivity contribution is -0.122. The number of anilines is 1. The number of imide groups is 1. The highest BCUT2D eigenvalue weighted by Gasteiger charge is 2.53. The first kappa shape index (κ1) is 17.5. The molecule has 3 aromatic rings. The van der Waals surface area contributed by atoms with Gasteiger partial charge in [0.1, 0.15) is 12.4 Å². The zero-order valence-electron chi connectivity index (χ0n) is 16.5. The third kappa shape index (κ3) is 2.46. The minimum Gasteiger partial charge on any atom is -0.489 e. The number of hydrogen-bond donors (Lipinski definition) is 0. The fourth-order valence-corrected chi connectivity index (χ4v) is 5.41. The zero-order chi connectivity index (χ0) is 20.2. The second-order valence-electron chi connectivity index (χ2n) is 8.36. The molecule has 1 fully saturated rings. The zero-order valence-corrected chi connectivity index (χ0v) is 16.5. The van der Waals surface area contributed by atoms with Crippen molar-refractivity contribution < 1.29 is 14.3 Å². The van der Waals surface area contributed by atoms with Crippen LogP contribution in [0.4, 0.5) is 5.69 Å². The first-order valence-corrected chi connectivity index (χ1v) is 10.5. The van der Waals surface area contributed by atoms with Crippen LogP contribution in [0, 0.1) is 17.8 Å². The lowest BCUT2D eigenvalue weighted by atomic mass is 9.71. The third-order valence-electron chi connectivity index (χ3n) is 6.85. The maximum atomic E-state index is 13.5. The van der Waals surface area contributed by atoms with Gasteiger partial charge in [-0.25, -0.2) is 0 Å². The number of benzene rings is 3. The molecule has 1 aliphatic carbocycles. The minimum atomic E-state index is -0.328. The van der Waals surface area contributed by atoms with Gasteiger partial charge in [-0.2, -0.15) is 0 Å². The van der Waals surface area contributed by atoms with Crippen LogP contribution in [-0.4, -0.2) is 18.4 Å². The second-order valence-corrected chi connectivity index (χ2v) is 8.36. The van der Waals surface area contributed by atoms with E-state index in [1.807, 2.05) is 48.5 Å². The lowest BCUT2D eigenvalue weighted by Gasteiger charge is -2.30. The van der Waals surface area contributed by atoms with Gasteiger partial charge in [0.25, 0.3) is 0 Å². The van der Waals surface area contributed by atoms with Gasteiger partial charge in [0.05, 0.1) is 17.5 Å². The highest BCUT2D eigenvalue weighted by atomic mass is 16.5. The summed E-state index contributed by atoms with van der Waals surface area (Å²) < 4.78 is 6.17. The van der Waals surface area contributed by atoms with Crippen molar-refractivity contribution in [1.82, 2.24) is 0 Å². The summed E-state index contributed by atoms with van der Waals surface area (Å²) in [6.07, 6.45) is 3.45. The Morgan fingerprint density at radius 3 is 2.50 bits per heavy atom. The Hall–Kier alpha value is -3.40. The lowest BCUT2D eigenvalue weighted by Crippen LogP contribution is -2.34. The van der Waals surface area contributed by atoms with Gasteiger partial charge in [-0.15, -0.1) is 0 Å². The molecule has 0 saturated carbocycles. The van der Waals surface area contributed by atoms with Crippen LogP contribution < -0.4 is 9.64 Å². The molecule has 0 N–H and O–H groups in total. The Balaban J connectivity index is 1.44. The van der Waals surface area contributed by atoms with E-state index in [1.165, 1.54) is 10.3 Å². The van der Waals surface area contributed by atoms with Crippen LogP contribution in [0.15, 0.2) is 78.4 Å². The molecule has 0 spiro atoms. The van der Waals surface area contributed by atoms with Crippen molar-refractivity contribution in [2.75, 3.05) is 11.5 Å². The molecule has 0 aromatic heterocycles. The van der Waals surface area contributed by atoms with Crippen LogP contribution >= 0.6 is 0 Å². The first-order valence-electron chi connectivity index (χ1n) is 10.5. The van der Waals surface area contributed by atoms with E-state index in [2.05, 4.69) is 24.3 Å². The number of allylic oxidation sites excluding steroid dienone is 1. The number of ether oxygens (including phenoxy) is 1. The number of carbonyl (C=O) groups excluding carboxylic acids is 2. The molecule has 2 amide bonds. The molecule has 4 heteroatoms. The normalized spacial score (nSPS) is 25.1. The standard InChI is InChI=1S/C26H21NO3/c28-25-20-12-10-17-15-30-23-13-11-16-6-4-5-9-19(16)22(23)14-21(17)24(20)26(29)27(25)18-7-2-1-3-8-18/h1-11,13,20-21,24H,12,14-15H2/t20-,21+,24-/m1/s1. The van der Waals surface area contributed by atoms with E-state index in [-0.39, 0.29) is 29.6 Å². The summed E-state index contributed by atoms with van der Waals surface area (Å²) in [5, 5.41) is 2.33. The van der Waals surface area contributed by atoms with Crippen LogP contribution in [0.2, 0.25) is 0 Å². The Bertz CT molecular complexity index is 1210. The molecule has 3 atom stereocenters. The molecule has 3 aromatic carbocycles. The van der Waals surface area contributed by atoms with Gasteiger partial charge in [-0.05, 0) is 53.3 Å². The number of rotatable bonds is 1. The molecule has 148 valence electrons. The molecule has 1 saturated heterocycles. The number of fused-ring (bicyclic) bond motifs is 6. The molecule has 2 heterocycles. The van der Waals surface area contributed by atoms with E-state index < -0.39 is 0 Å². The smallest absolute Gasteiger partial charge is 0.238 e. The monoisotopic (exact) mass is 395 g/mol. The van der Waals surface area contributed by atoms with Crippen molar-refractivity contribution in [3.63, 3.8) is 0 Å². The summed E-state index contributed by atoms with van der Waals surface area (Å²) in [7, 11) is 0. The highest BCUT2D eigenvalue weighted by molar-refractivity contribution is 6.22. The van der Waals surface area contributed by atoms with Crippen LogP contribution in [0.1, 0.15) is 12.0 Å². The largest absolute Gasteiger partial charge is 0.489 e. The number of carbonyl (C=O) groups is 2. The van der Waals surface area contributed by atoms with E-state index in [0.717, 1.165) is 22.3 Å². The fourth-order valence-electron chi connectivity index (χ4n) is 5.41. The number of hydrogen-bond acceptors (Lipinski definition) is 3. The maximum absolute atomic E-state index is 13.5. The minimum absolute atomic E-state index is 0.0130. The van der Waals surface area contributed by atoms with Gasteiger partial charge in [-0.3, -0.25) is 14.5 Å². The number of nitrogens with zero attached hydrogens (tertiary/aromatic N) is 1. The predicted molar refractivity (Wildman–Crippen MR) is 115 cm³/mol. The summed E-state index contributed by atoms with van der Waals surface area (Å²) in [6.45, 7) is 0.478. The Morgan fingerprint density at radius 2 is 1.63 bits per heavy atom. The molecular weight excluding hydrogens is 374 g/mol. The number of amides is 2. The van der Waals surface area contributed by atoms with Gasteiger partial charge < -0.3 is 4.74 Å². The molecule has 0 unspecified atom stereocenters. The molecule has 4 nitrogen and oxygen atoms in total. The summed E-state index contributed by atoms with van der Waals surface area (Å²) in [6, 6.07) is 21.7. The highest BCUT2D eigenvalue weighted by Crippen LogP contribution is 2.47. The quantitative estimate of drug-likeness (QED) is 0.449. The van der Waals surface area contributed by atoms with E-state index in [1.54, 1.807) is 0 Å². The van der Waals surface area contributed by atoms with Crippen molar-refractivity contribution in [3.05, 3.63) is 83.9 Å². The fraction of sp³-hybridized carbons (Fsp3) is 0.231. The van der Waals surface area contributed by atoms with Gasteiger partial charge in [0.15, 0.2) is 0 Å². The predicted octanol–water partition coefficient (Wildman–Crippen LogP) is 4.53. The molecule has 30 heavy (non-hydrogen) atoms. The Labute approximate surface area is 174 Å². The van der Waals surface area contributed by atoms with Crippen molar-refractivity contribution in [2.45, 2.75) is 12.8 Å². The second kappa shape index (κ2) is 6.56. The van der Waals surface area contributed by atoms with Crippen LogP contribution in [-0.2, 0) is 16.0 Å². The van der Waals surface area contributed by atoms with Crippen molar-refractivity contribution in [3.8, 4) is 5.75 Å². The molecule has 3 aliphatic rings. The molecule has 0 bridgehead atoms. The SMILES string of the molecule is O=C1[C@@H]2[C@@H](CC=C3COc4ccc5ccccc5c4C[C@@H]32)C(=O)N1c1ccccc1. The van der Waals surface area contributed by atoms with E-state index in [0.29, 0.717) is 25.1 Å². The molecule has 0 radical (unpaired) electrons. The van der Waals surface area contributed by atoms with Gasteiger partial charge in [0.2, 0.25) is 11.8 Å². The van der Waals surface area contributed by atoms with Crippen LogP contribution in [0.5, 0.6) is 5.75 Å².